The highest BCUT2D eigenvalue weighted by Crippen LogP contribution is 2.27. The van der Waals surface area contributed by atoms with Crippen LogP contribution in [-0.4, -0.2) is 24.6 Å². The van der Waals surface area contributed by atoms with Crippen molar-refractivity contribution in [1.29, 1.82) is 0 Å². The van der Waals surface area contributed by atoms with E-state index in [9.17, 15) is 10.1 Å². The first-order valence-electron chi connectivity index (χ1n) is 6.05. The maximum Gasteiger partial charge on any atom is 0.271 e. The number of hydrogen-bond acceptors (Lipinski definition) is 4. The van der Waals surface area contributed by atoms with Crippen molar-refractivity contribution in [2.45, 2.75) is 12.8 Å². The van der Waals surface area contributed by atoms with Gasteiger partial charge in [-0.3, -0.25) is 10.1 Å². The second-order valence-corrected chi connectivity index (χ2v) is 4.92. The fourth-order valence-electron chi connectivity index (χ4n) is 2.11. The summed E-state index contributed by atoms with van der Waals surface area (Å²) in [5, 5.41) is 17.6. The molecule has 18 heavy (non-hydrogen) atoms. The molecule has 1 heterocycles. The summed E-state index contributed by atoms with van der Waals surface area (Å²) < 4.78 is 0. The zero-order valence-electron chi connectivity index (χ0n) is 9.99. The Morgan fingerprint density at radius 3 is 3.00 bits per heavy atom. The Morgan fingerprint density at radius 2 is 2.39 bits per heavy atom. The van der Waals surface area contributed by atoms with E-state index in [0.717, 1.165) is 25.3 Å². The van der Waals surface area contributed by atoms with Crippen LogP contribution >= 0.6 is 11.6 Å². The molecule has 1 aliphatic heterocycles. The van der Waals surface area contributed by atoms with Crippen LogP contribution in [-0.2, 0) is 0 Å². The number of halogens is 1. The number of hydrogen-bond donors (Lipinski definition) is 2. The Hall–Kier alpha value is -1.33. The van der Waals surface area contributed by atoms with Gasteiger partial charge in [-0.1, -0.05) is 11.6 Å². The molecule has 1 atom stereocenters. The van der Waals surface area contributed by atoms with Crippen molar-refractivity contribution < 1.29 is 4.92 Å². The lowest BCUT2D eigenvalue weighted by Crippen LogP contribution is -2.33. The summed E-state index contributed by atoms with van der Waals surface area (Å²) in [4.78, 5) is 10.1. The van der Waals surface area contributed by atoms with Crippen LogP contribution in [0.1, 0.15) is 12.8 Å². The van der Waals surface area contributed by atoms with Gasteiger partial charge in [-0.15, -0.1) is 0 Å². The molecule has 5 nitrogen and oxygen atoms in total. The van der Waals surface area contributed by atoms with Gasteiger partial charge in [0.15, 0.2) is 0 Å². The minimum atomic E-state index is -0.444. The molecule has 0 aliphatic carbocycles. The Kier molecular flexibility index (Phi) is 4.38. The Labute approximate surface area is 111 Å². The molecular weight excluding hydrogens is 254 g/mol. The van der Waals surface area contributed by atoms with Gasteiger partial charge >= 0.3 is 0 Å². The summed E-state index contributed by atoms with van der Waals surface area (Å²) in [5.74, 6) is 0.588. The topological polar surface area (TPSA) is 67.2 Å². The van der Waals surface area contributed by atoms with E-state index in [0.29, 0.717) is 10.9 Å². The molecule has 0 saturated carbocycles. The predicted octanol–water partition coefficient (Wildman–Crippen LogP) is 2.66. The molecule has 1 aromatic carbocycles. The maximum atomic E-state index is 10.6. The number of nitro groups is 1. The molecule has 0 radical (unpaired) electrons. The van der Waals surface area contributed by atoms with Gasteiger partial charge in [0.05, 0.1) is 15.6 Å². The van der Waals surface area contributed by atoms with E-state index in [1.54, 1.807) is 6.07 Å². The lowest BCUT2D eigenvalue weighted by atomic mass is 10.00. The highest BCUT2D eigenvalue weighted by Gasteiger charge is 2.14. The predicted molar refractivity (Wildman–Crippen MR) is 72.2 cm³/mol. The van der Waals surface area contributed by atoms with Crippen molar-refractivity contribution in [2.75, 3.05) is 25.0 Å². The molecule has 1 unspecified atom stereocenters. The highest BCUT2D eigenvalue weighted by atomic mass is 35.5. The summed E-state index contributed by atoms with van der Waals surface area (Å²) >= 11 is 6.01. The molecule has 1 saturated heterocycles. The van der Waals surface area contributed by atoms with Crippen LogP contribution in [0, 0.1) is 16.0 Å². The lowest BCUT2D eigenvalue weighted by molar-refractivity contribution is -0.384. The van der Waals surface area contributed by atoms with Crippen LogP contribution in [0.15, 0.2) is 18.2 Å². The Balaban J connectivity index is 1.94. The molecule has 2 rings (SSSR count). The van der Waals surface area contributed by atoms with Crippen LogP contribution in [0.2, 0.25) is 5.02 Å². The molecule has 1 aliphatic rings. The van der Waals surface area contributed by atoms with Crippen LogP contribution in [0.5, 0.6) is 0 Å². The minimum absolute atomic E-state index is 0.0184. The van der Waals surface area contributed by atoms with Gasteiger partial charge in [0.1, 0.15) is 0 Å². The highest BCUT2D eigenvalue weighted by molar-refractivity contribution is 6.33. The lowest BCUT2D eigenvalue weighted by Gasteiger charge is -2.23. The van der Waals surface area contributed by atoms with Crippen molar-refractivity contribution in [3.05, 3.63) is 33.3 Å². The molecule has 1 aromatic rings. The zero-order valence-corrected chi connectivity index (χ0v) is 10.7. The normalized spacial score (nSPS) is 19.5. The fourth-order valence-corrected chi connectivity index (χ4v) is 2.36. The Morgan fingerprint density at radius 1 is 1.56 bits per heavy atom. The van der Waals surface area contributed by atoms with E-state index in [4.69, 9.17) is 11.6 Å². The molecule has 1 fully saturated rings. The van der Waals surface area contributed by atoms with Gasteiger partial charge in [0, 0.05) is 18.7 Å². The van der Waals surface area contributed by atoms with E-state index >= 15 is 0 Å². The standard InChI is InChI=1S/C12H16ClN3O2/c13-11-6-10(16(17)18)3-4-12(11)15-8-9-2-1-5-14-7-9/h3-4,6,9,14-15H,1-2,5,7-8H2. The fraction of sp³-hybridized carbons (Fsp3) is 0.500. The van der Waals surface area contributed by atoms with E-state index in [-0.39, 0.29) is 5.69 Å². The van der Waals surface area contributed by atoms with Gasteiger partial charge in [-0.2, -0.15) is 0 Å². The maximum absolute atomic E-state index is 10.6. The number of rotatable bonds is 4. The molecule has 0 aromatic heterocycles. The molecule has 0 amide bonds. The Bertz CT molecular complexity index is 433. The molecule has 98 valence electrons. The minimum Gasteiger partial charge on any atom is -0.384 e. The molecule has 0 spiro atoms. The summed E-state index contributed by atoms with van der Waals surface area (Å²) in [7, 11) is 0. The number of nitrogens with zero attached hydrogens (tertiary/aromatic N) is 1. The van der Waals surface area contributed by atoms with Crippen molar-refractivity contribution >= 4 is 23.0 Å². The third-order valence-corrected chi connectivity index (χ3v) is 3.46. The van der Waals surface area contributed by atoms with Gasteiger partial charge in [-0.25, -0.2) is 0 Å². The number of nitro benzene ring substituents is 1. The van der Waals surface area contributed by atoms with E-state index in [1.807, 2.05) is 0 Å². The average molecular weight is 270 g/mol. The van der Waals surface area contributed by atoms with Crippen molar-refractivity contribution in [3.8, 4) is 0 Å². The second-order valence-electron chi connectivity index (χ2n) is 4.51. The third kappa shape index (κ3) is 3.34. The first kappa shape index (κ1) is 13.1. The molecular formula is C12H16ClN3O2. The smallest absolute Gasteiger partial charge is 0.271 e. The first-order valence-corrected chi connectivity index (χ1v) is 6.43. The number of benzene rings is 1. The van der Waals surface area contributed by atoms with Crippen LogP contribution in [0.3, 0.4) is 0 Å². The molecule has 0 bridgehead atoms. The van der Waals surface area contributed by atoms with E-state index < -0.39 is 4.92 Å². The van der Waals surface area contributed by atoms with Crippen molar-refractivity contribution in [3.63, 3.8) is 0 Å². The van der Waals surface area contributed by atoms with Crippen LogP contribution in [0.4, 0.5) is 11.4 Å². The summed E-state index contributed by atoms with van der Waals surface area (Å²) in [6, 6.07) is 4.51. The monoisotopic (exact) mass is 269 g/mol. The number of anilines is 1. The van der Waals surface area contributed by atoms with Crippen LogP contribution in [0.25, 0.3) is 0 Å². The number of non-ortho nitro benzene ring substituents is 1. The molecule has 6 heteroatoms. The summed E-state index contributed by atoms with van der Waals surface area (Å²) in [5.41, 5.74) is 0.776. The zero-order chi connectivity index (χ0) is 13.0. The quantitative estimate of drug-likeness (QED) is 0.651. The average Bonchev–Trinajstić information content (AvgIpc) is 2.38. The molecule has 2 N–H and O–H groups in total. The number of piperidine rings is 1. The van der Waals surface area contributed by atoms with E-state index in [1.165, 1.54) is 25.0 Å². The summed E-state index contributed by atoms with van der Waals surface area (Å²) in [6.07, 6.45) is 2.39. The van der Waals surface area contributed by atoms with Gasteiger partial charge in [0.25, 0.3) is 5.69 Å². The van der Waals surface area contributed by atoms with Crippen LogP contribution < -0.4 is 10.6 Å². The first-order chi connectivity index (χ1) is 8.66. The van der Waals surface area contributed by atoms with Gasteiger partial charge in [-0.05, 0) is 37.9 Å². The van der Waals surface area contributed by atoms with Crippen molar-refractivity contribution in [2.24, 2.45) is 5.92 Å². The van der Waals surface area contributed by atoms with Crippen molar-refractivity contribution in [1.82, 2.24) is 5.32 Å². The number of nitrogens with one attached hydrogen (secondary N) is 2. The summed E-state index contributed by atoms with van der Waals surface area (Å²) in [6.45, 7) is 2.94. The third-order valence-electron chi connectivity index (χ3n) is 3.14. The SMILES string of the molecule is O=[N+]([O-])c1ccc(NCC2CCCNC2)c(Cl)c1. The van der Waals surface area contributed by atoms with E-state index in [2.05, 4.69) is 10.6 Å². The largest absolute Gasteiger partial charge is 0.384 e. The van der Waals surface area contributed by atoms with Gasteiger partial charge < -0.3 is 10.6 Å². The second kappa shape index (κ2) is 6.02. The van der Waals surface area contributed by atoms with Gasteiger partial charge in [0.2, 0.25) is 0 Å².